The van der Waals surface area contributed by atoms with Crippen LogP contribution in [0.5, 0.6) is 0 Å². The topological polar surface area (TPSA) is 137 Å². The van der Waals surface area contributed by atoms with Crippen molar-refractivity contribution in [2.45, 2.75) is 30.2 Å². The lowest BCUT2D eigenvalue weighted by Crippen LogP contribution is -2.66. The lowest BCUT2D eigenvalue weighted by molar-refractivity contribution is -0.438. The molecule has 0 aromatic carbocycles. The maximum absolute atomic E-state index is 10.6. The summed E-state index contributed by atoms with van der Waals surface area (Å²) in [4.78, 5) is 14.3. The predicted molar refractivity (Wildman–Crippen MR) is 42.5 cm³/mol. The molecule has 8 nitrogen and oxygen atoms in total. The smallest absolute Gasteiger partial charge is 0.286 e. The van der Waals surface area contributed by atoms with Crippen molar-refractivity contribution in [3.05, 3.63) is 0 Å². The number of ether oxygens (including phenoxy) is 1. The number of aldehydes is 1. The second kappa shape index (κ2) is 4.49. The Kier molecular flexibility index (Phi) is 3.73. The van der Waals surface area contributed by atoms with Crippen LogP contribution in [0, 0.1) is 0 Å². The van der Waals surface area contributed by atoms with Crippen LogP contribution in [-0.2, 0) is 14.4 Å². The van der Waals surface area contributed by atoms with Gasteiger partial charge in [0, 0.05) is 0 Å². The third-order valence-electron chi connectivity index (χ3n) is 2.29. The molecule has 0 bridgehead atoms. The van der Waals surface area contributed by atoms with Gasteiger partial charge in [-0.1, -0.05) is 0 Å². The van der Waals surface area contributed by atoms with Crippen LogP contribution >= 0.6 is 0 Å². The van der Waals surface area contributed by atoms with Crippen LogP contribution in [0.4, 0.5) is 0 Å². The van der Waals surface area contributed by atoms with E-state index in [2.05, 4.69) is 9.62 Å². The van der Waals surface area contributed by atoms with Gasteiger partial charge in [-0.15, -0.1) is 0 Å². The minimum atomic E-state index is -2.49. The first-order chi connectivity index (χ1) is 7.02. The number of rotatable bonds is 3. The molecule has 8 heteroatoms. The van der Waals surface area contributed by atoms with E-state index >= 15 is 0 Å². The standard InChI is InChI=1S/C7H12O8/c8-1-3-4(10)5(11)6(12)7(2-9,14-3)15-13/h2-6,8,10-13H,1H2/t3-,4-,5+,6-,7?/m1/s1. The van der Waals surface area contributed by atoms with E-state index in [0.29, 0.717) is 0 Å². The molecule has 1 aliphatic rings. The minimum absolute atomic E-state index is 0.0740. The van der Waals surface area contributed by atoms with Crippen LogP contribution in [-0.4, -0.2) is 68.8 Å². The molecule has 5 atom stereocenters. The van der Waals surface area contributed by atoms with Crippen molar-refractivity contribution in [3.8, 4) is 0 Å². The van der Waals surface area contributed by atoms with Gasteiger partial charge in [0.05, 0.1) is 6.61 Å². The summed E-state index contributed by atoms with van der Waals surface area (Å²) in [7, 11) is 0. The predicted octanol–water partition coefficient (Wildman–Crippen LogP) is -3.15. The fourth-order valence-electron chi connectivity index (χ4n) is 1.36. The molecular formula is C7H12O8. The molecule has 1 unspecified atom stereocenters. The Morgan fingerprint density at radius 1 is 1.33 bits per heavy atom. The molecule has 1 rings (SSSR count). The lowest BCUT2D eigenvalue weighted by atomic mass is 9.93. The number of aliphatic hydroxyl groups excluding tert-OH is 4. The molecule has 0 saturated carbocycles. The van der Waals surface area contributed by atoms with Crippen LogP contribution in [0.3, 0.4) is 0 Å². The zero-order chi connectivity index (χ0) is 11.6. The van der Waals surface area contributed by atoms with Gasteiger partial charge >= 0.3 is 0 Å². The van der Waals surface area contributed by atoms with Gasteiger partial charge in [0.25, 0.3) is 5.79 Å². The largest absolute Gasteiger partial charge is 0.394 e. The second-order valence-corrected chi connectivity index (χ2v) is 3.20. The molecule has 0 spiro atoms. The molecule has 0 aromatic heterocycles. The van der Waals surface area contributed by atoms with Gasteiger partial charge in [-0.05, 0) is 0 Å². The molecule has 5 N–H and O–H groups in total. The van der Waals surface area contributed by atoms with Gasteiger partial charge in [-0.25, -0.2) is 5.26 Å². The quantitative estimate of drug-likeness (QED) is 0.192. The average molecular weight is 224 g/mol. The zero-order valence-electron chi connectivity index (χ0n) is 7.55. The van der Waals surface area contributed by atoms with Gasteiger partial charge in [0.15, 0.2) is 6.29 Å². The SMILES string of the molecule is O=CC1(OO)O[C@H](CO)[C@@H](O)[C@H](O)[C@H]1O. The van der Waals surface area contributed by atoms with E-state index in [1.165, 1.54) is 0 Å². The minimum Gasteiger partial charge on any atom is -0.394 e. The van der Waals surface area contributed by atoms with Crippen molar-refractivity contribution >= 4 is 6.29 Å². The Morgan fingerprint density at radius 3 is 2.33 bits per heavy atom. The number of aliphatic hydroxyl groups is 4. The Balaban J connectivity index is 2.96. The van der Waals surface area contributed by atoms with Crippen LogP contribution < -0.4 is 0 Å². The molecule has 0 aliphatic carbocycles. The number of hydrogen-bond donors (Lipinski definition) is 5. The van der Waals surface area contributed by atoms with Crippen molar-refractivity contribution in [1.29, 1.82) is 0 Å². The van der Waals surface area contributed by atoms with E-state index in [1.54, 1.807) is 0 Å². The summed E-state index contributed by atoms with van der Waals surface area (Å²) in [5.74, 6) is -2.49. The molecule has 15 heavy (non-hydrogen) atoms. The van der Waals surface area contributed by atoms with Gasteiger partial charge in [0.1, 0.15) is 24.4 Å². The highest BCUT2D eigenvalue weighted by Gasteiger charge is 2.55. The Morgan fingerprint density at radius 2 is 1.93 bits per heavy atom. The van der Waals surface area contributed by atoms with E-state index in [-0.39, 0.29) is 6.29 Å². The molecular weight excluding hydrogens is 212 g/mol. The Labute approximate surface area is 84.2 Å². The third-order valence-corrected chi connectivity index (χ3v) is 2.29. The summed E-state index contributed by atoms with van der Waals surface area (Å²) in [5, 5.41) is 45.1. The highest BCUT2D eigenvalue weighted by Crippen LogP contribution is 2.28. The number of carbonyl (C=O) groups excluding carboxylic acids is 1. The lowest BCUT2D eigenvalue weighted by Gasteiger charge is -2.43. The van der Waals surface area contributed by atoms with Crippen molar-refractivity contribution in [1.82, 2.24) is 0 Å². The van der Waals surface area contributed by atoms with Crippen LogP contribution in [0.15, 0.2) is 0 Å². The summed E-state index contributed by atoms with van der Waals surface area (Å²) < 4.78 is 4.67. The van der Waals surface area contributed by atoms with E-state index in [0.717, 1.165) is 0 Å². The first-order valence-corrected chi connectivity index (χ1v) is 4.14. The van der Waals surface area contributed by atoms with Gasteiger partial charge in [-0.3, -0.25) is 4.79 Å². The molecule has 0 amide bonds. The fraction of sp³-hybridized carbons (Fsp3) is 0.857. The first-order valence-electron chi connectivity index (χ1n) is 4.14. The van der Waals surface area contributed by atoms with Crippen LogP contribution in [0.25, 0.3) is 0 Å². The number of hydrogen-bond acceptors (Lipinski definition) is 8. The van der Waals surface area contributed by atoms with Crippen molar-refractivity contribution in [2.75, 3.05) is 6.61 Å². The summed E-state index contributed by atoms with van der Waals surface area (Å²) in [6, 6.07) is 0. The molecule has 1 aliphatic heterocycles. The van der Waals surface area contributed by atoms with Crippen molar-refractivity contribution < 1.29 is 40.1 Å². The van der Waals surface area contributed by atoms with Gasteiger partial charge in [0.2, 0.25) is 0 Å². The summed E-state index contributed by atoms with van der Waals surface area (Å²) in [5.41, 5.74) is 0. The number of carbonyl (C=O) groups is 1. The first kappa shape index (κ1) is 12.5. The maximum Gasteiger partial charge on any atom is 0.286 e. The monoisotopic (exact) mass is 224 g/mol. The second-order valence-electron chi connectivity index (χ2n) is 3.20. The average Bonchev–Trinajstić information content (AvgIpc) is 2.27. The van der Waals surface area contributed by atoms with E-state index in [1.807, 2.05) is 0 Å². The molecule has 1 saturated heterocycles. The maximum atomic E-state index is 10.6. The molecule has 88 valence electrons. The summed E-state index contributed by atoms with van der Waals surface area (Å²) >= 11 is 0. The van der Waals surface area contributed by atoms with Gasteiger partial charge in [-0.2, -0.15) is 4.89 Å². The highest BCUT2D eigenvalue weighted by atomic mass is 17.1. The highest BCUT2D eigenvalue weighted by molar-refractivity contribution is 5.62. The van der Waals surface area contributed by atoms with E-state index < -0.39 is 36.8 Å². The Hall–Kier alpha value is -0.610. The van der Waals surface area contributed by atoms with Crippen LogP contribution in [0.2, 0.25) is 0 Å². The zero-order valence-corrected chi connectivity index (χ0v) is 7.55. The molecule has 1 fully saturated rings. The normalized spacial score (nSPS) is 46.5. The Bertz CT molecular complexity index is 231. The van der Waals surface area contributed by atoms with Crippen LogP contribution in [0.1, 0.15) is 0 Å². The molecule has 0 radical (unpaired) electrons. The molecule has 1 heterocycles. The fourth-order valence-corrected chi connectivity index (χ4v) is 1.36. The van der Waals surface area contributed by atoms with Gasteiger partial charge < -0.3 is 25.2 Å². The third kappa shape index (κ3) is 1.88. The summed E-state index contributed by atoms with van der Waals surface area (Å²) in [6.45, 7) is -0.718. The summed E-state index contributed by atoms with van der Waals surface area (Å²) in [6.07, 6.45) is -6.75. The van der Waals surface area contributed by atoms with Crippen molar-refractivity contribution in [3.63, 3.8) is 0 Å². The van der Waals surface area contributed by atoms with Crippen molar-refractivity contribution in [2.24, 2.45) is 0 Å². The van der Waals surface area contributed by atoms with E-state index in [4.69, 9.17) is 10.4 Å². The molecule has 0 aromatic rings. The van der Waals surface area contributed by atoms with E-state index in [9.17, 15) is 20.1 Å².